The van der Waals surface area contributed by atoms with E-state index < -0.39 is 0 Å². The Morgan fingerprint density at radius 2 is 2.06 bits per heavy atom. The van der Waals surface area contributed by atoms with Gasteiger partial charge in [0.15, 0.2) is 0 Å². The third-order valence-electron chi connectivity index (χ3n) is 2.21. The van der Waals surface area contributed by atoms with Gasteiger partial charge in [0.2, 0.25) is 5.91 Å². The van der Waals surface area contributed by atoms with Crippen molar-refractivity contribution in [3.63, 3.8) is 0 Å². The van der Waals surface area contributed by atoms with Crippen molar-refractivity contribution >= 4 is 17.2 Å². The number of nitrogens with two attached hydrogens (primary N) is 1. The number of carbonyl (C=O) groups is 1. The number of aromatic nitrogens is 1. The largest absolute Gasteiger partial charge is 0.370 e. The molecule has 2 N–H and O–H groups in total. The van der Waals surface area contributed by atoms with Gasteiger partial charge in [0.1, 0.15) is 0 Å². The Balaban J connectivity index is 2.11. The van der Waals surface area contributed by atoms with Crippen LogP contribution in [0.15, 0.2) is 35.7 Å². The number of benzene rings is 1. The number of hydrogen-bond donors (Lipinski definition) is 1. The number of thiazole rings is 1. The van der Waals surface area contributed by atoms with E-state index in [-0.39, 0.29) is 5.91 Å². The molecule has 2 aromatic rings. The second kappa shape index (κ2) is 4.90. The molecule has 3 nitrogen and oxygen atoms in total. The van der Waals surface area contributed by atoms with Crippen molar-refractivity contribution in [2.24, 2.45) is 5.73 Å². The molecule has 0 aliphatic rings. The minimum Gasteiger partial charge on any atom is -0.370 e. The molecule has 4 heteroatoms. The molecule has 1 heterocycles. The lowest BCUT2D eigenvalue weighted by Crippen LogP contribution is -2.11. The highest BCUT2D eigenvalue weighted by atomic mass is 32.1. The van der Waals surface area contributed by atoms with Crippen LogP contribution in [0.25, 0.3) is 11.3 Å². The van der Waals surface area contributed by atoms with E-state index in [1.54, 1.807) is 11.3 Å². The molecule has 1 amide bonds. The maximum absolute atomic E-state index is 10.6. The van der Waals surface area contributed by atoms with Gasteiger partial charge in [0.05, 0.1) is 10.7 Å². The minimum absolute atomic E-state index is 0.281. The van der Waals surface area contributed by atoms with Crippen molar-refractivity contribution in [1.29, 1.82) is 0 Å². The molecule has 2 rings (SSSR count). The van der Waals surface area contributed by atoms with E-state index in [9.17, 15) is 4.79 Å². The first-order valence-corrected chi connectivity index (χ1v) is 5.92. The lowest BCUT2D eigenvalue weighted by atomic mass is 10.2. The first-order chi connectivity index (χ1) is 7.75. The fourth-order valence-corrected chi connectivity index (χ4v) is 2.20. The van der Waals surface area contributed by atoms with Crippen LogP contribution in [0.1, 0.15) is 11.4 Å². The maximum atomic E-state index is 10.6. The maximum Gasteiger partial charge on any atom is 0.217 e. The van der Waals surface area contributed by atoms with Gasteiger partial charge in [-0.05, 0) is 0 Å². The van der Waals surface area contributed by atoms with E-state index in [2.05, 4.69) is 4.98 Å². The van der Waals surface area contributed by atoms with E-state index in [4.69, 9.17) is 5.73 Å². The molecule has 0 bridgehead atoms. The van der Waals surface area contributed by atoms with Crippen LogP contribution in [-0.4, -0.2) is 10.9 Å². The van der Waals surface area contributed by atoms with Crippen LogP contribution in [0.2, 0.25) is 0 Å². The summed E-state index contributed by atoms with van der Waals surface area (Å²) in [6.07, 6.45) is 0.995. The van der Waals surface area contributed by atoms with Crippen molar-refractivity contribution in [1.82, 2.24) is 4.98 Å². The summed E-state index contributed by atoms with van der Waals surface area (Å²) in [5.41, 5.74) is 7.16. The van der Waals surface area contributed by atoms with Gasteiger partial charge in [0.25, 0.3) is 0 Å². The summed E-state index contributed by atoms with van der Waals surface area (Å²) in [6, 6.07) is 9.99. The van der Waals surface area contributed by atoms with Crippen LogP contribution in [0.4, 0.5) is 0 Å². The average Bonchev–Trinajstić information content (AvgIpc) is 2.76. The molecule has 0 saturated carbocycles. The molecule has 0 fully saturated rings. The van der Waals surface area contributed by atoms with E-state index >= 15 is 0 Å². The van der Waals surface area contributed by atoms with E-state index in [0.717, 1.165) is 16.3 Å². The van der Waals surface area contributed by atoms with Crippen LogP contribution in [0.3, 0.4) is 0 Å². The van der Waals surface area contributed by atoms with Crippen molar-refractivity contribution in [3.05, 3.63) is 40.7 Å². The minimum atomic E-state index is -0.281. The number of aryl methyl sites for hydroxylation is 1. The predicted molar refractivity (Wildman–Crippen MR) is 65.1 cm³/mol. The van der Waals surface area contributed by atoms with E-state index in [1.807, 2.05) is 35.7 Å². The zero-order valence-electron chi connectivity index (χ0n) is 8.72. The average molecular weight is 232 g/mol. The summed E-state index contributed by atoms with van der Waals surface area (Å²) < 4.78 is 0. The Kier molecular flexibility index (Phi) is 3.31. The second-order valence-electron chi connectivity index (χ2n) is 3.46. The molecule has 0 radical (unpaired) electrons. The molecule has 0 atom stereocenters. The zero-order chi connectivity index (χ0) is 11.4. The fraction of sp³-hybridized carbons (Fsp3) is 0.167. The number of hydrogen-bond acceptors (Lipinski definition) is 3. The third kappa shape index (κ3) is 2.67. The van der Waals surface area contributed by atoms with Gasteiger partial charge >= 0.3 is 0 Å². The number of carbonyl (C=O) groups excluding carboxylic acids is 1. The van der Waals surface area contributed by atoms with Crippen LogP contribution in [0.5, 0.6) is 0 Å². The van der Waals surface area contributed by atoms with Crippen LogP contribution < -0.4 is 5.73 Å². The van der Waals surface area contributed by atoms with Gasteiger partial charge in [0, 0.05) is 23.8 Å². The van der Waals surface area contributed by atoms with Gasteiger partial charge in [-0.3, -0.25) is 4.79 Å². The van der Waals surface area contributed by atoms with Gasteiger partial charge in [-0.25, -0.2) is 4.98 Å². The molecule has 0 saturated heterocycles. The van der Waals surface area contributed by atoms with Crippen molar-refractivity contribution in [3.8, 4) is 11.3 Å². The molecule has 0 unspecified atom stereocenters. The summed E-state index contributed by atoms with van der Waals surface area (Å²) >= 11 is 1.57. The first kappa shape index (κ1) is 10.8. The van der Waals surface area contributed by atoms with Crippen molar-refractivity contribution in [2.45, 2.75) is 12.8 Å². The van der Waals surface area contributed by atoms with Crippen LogP contribution >= 0.6 is 11.3 Å². The number of primary amides is 1. The summed E-state index contributed by atoms with van der Waals surface area (Å²) in [4.78, 5) is 15.1. The molecular formula is C12H12N2OS. The quantitative estimate of drug-likeness (QED) is 0.878. The summed E-state index contributed by atoms with van der Waals surface area (Å²) in [6.45, 7) is 0. The number of nitrogens with zero attached hydrogens (tertiary/aromatic N) is 1. The van der Waals surface area contributed by atoms with E-state index in [0.29, 0.717) is 12.8 Å². The Hall–Kier alpha value is -1.68. The lowest BCUT2D eigenvalue weighted by molar-refractivity contribution is -0.117. The molecule has 1 aromatic carbocycles. The summed E-state index contributed by atoms with van der Waals surface area (Å²) in [5.74, 6) is -0.281. The summed E-state index contributed by atoms with van der Waals surface area (Å²) in [7, 11) is 0. The molecule has 82 valence electrons. The van der Waals surface area contributed by atoms with Gasteiger partial charge in [-0.2, -0.15) is 0 Å². The van der Waals surface area contributed by atoms with E-state index in [1.165, 1.54) is 0 Å². The van der Waals surface area contributed by atoms with Crippen molar-refractivity contribution in [2.75, 3.05) is 0 Å². The molecule has 1 aromatic heterocycles. The second-order valence-corrected chi connectivity index (χ2v) is 4.40. The highest BCUT2D eigenvalue weighted by Gasteiger charge is 2.05. The molecule has 0 aliphatic carbocycles. The topological polar surface area (TPSA) is 56.0 Å². The molecule has 16 heavy (non-hydrogen) atoms. The van der Waals surface area contributed by atoms with Crippen LogP contribution in [-0.2, 0) is 11.2 Å². The molecular weight excluding hydrogens is 220 g/mol. The Morgan fingerprint density at radius 1 is 1.31 bits per heavy atom. The molecule has 0 spiro atoms. The predicted octanol–water partition coefficient (Wildman–Crippen LogP) is 2.23. The van der Waals surface area contributed by atoms with Crippen LogP contribution in [0, 0.1) is 0 Å². The van der Waals surface area contributed by atoms with Crippen molar-refractivity contribution < 1.29 is 4.79 Å². The highest BCUT2D eigenvalue weighted by Crippen LogP contribution is 2.22. The highest BCUT2D eigenvalue weighted by molar-refractivity contribution is 7.09. The molecule has 0 aliphatic heterocycles. The Bertz CT molecular complexity index is 479. The summed E-state index contributed by atoms with van der Waals surface area (Å²) in [5, 5.41) is 2.96. The standard InChI is InChI=1S/C12H12N2OS/c13-11(15)6-7-12-14-10(8-16-12)9-4-2-1-3-5-9/h1-5,8H,6-7H2,(H2,13,15). The normalized spacial score (nSPS) is 10.2. The van der Waals surface area contributed by atoms with Gasteiger partial charge in [-0.1, -0.05) is 30.3 Å². The first-order valence-electron chi connectivity index (χ1n) is 5.04. The SMILES string of the molecule is NC(=O)CCc1nc(-c2ccccc2)cs1. The fourth-order valence-electron chi connectivity index (χ4n) is 1.40. The number of rotatable bonds is 4. The monoisotopic (exact) mass is 232 g/mol. The lowest BCUT2D eigenvalue weighted by Gasteiger charge is -1.94. The third-order valence-corrected chi connectivity index (χ3v) is 3.12. The smallest absolute Gasteiger partial charge is 0.217 e. The van der Waals surface area contributed by atoms with Gasteiger partial charge in [-0.15, -0.1) is 11.3 Å². The zero-order valence-corrected chi connectivity index (χ0v) is 9.54. The Morgan fingerprint density at radius 3 is 2.75 bits per heavy atom. The number of amides is 1. The van der Waals surface area contributed by atoms with Gasteiger partial charge < -0.3 is 5.73 Å². The Labute approximate surface area is 97.9 Å².